The van der Waals surface area contributed by atoms with Crippen molar-refractivity contribution in [2.24, 2.45) is 4.99 Å². The van der Waals surface area contributed by atoms with Gasteiger partial charge in [-0.3, -0.25) is 19.9 Å². The van der Waals surface area contributed by atoms with E-state index in [0.29, 0.717) is 30.2 Å². The number of hydrogen-bond donors (Lipinski definition) is 3. The number of hydrogen-bond acceptors (Lipinski definition) is 8. The maximum absolute atomic E-state index is 13.2. The molecule has 5 heterocycles. The number of fused-ring (bicyclic) bond motifs is 2. The predicted octanol–water partition coefficient (Wildman–Crippen LogP) is 0.814. The number of urea groups is 1. The summed E-state index contributed by atoms with van der Waals surface area (Å²) in [5.41, 5.74) is 1.54. The molecule has 3 N–H and O–H groups in total. The van der Waals surface area contributed by atoms with Crippen LogP contribution < -0.4 is 25.6 Å². The standard InChI is InChI=1S/C24H24N6O5/c1-29-10-14(20-25-5-6-26-20)7-18-17(29)9-19(35-18)24(22(32)27-23(33)28-24)12-30-11-13-3-4-15(34-2)8-16(13)21(30)31/h3-4,7-9H,5-6,10-12H2,1-2H3,(H,25,26)(H2,27,28,32,33). The first-order valence-corrected chi connectivity index (χ1v) is 11.3. The Morgan fingerprint density at radius 2 is 2.06 bits per heavy atom. The first-order chi connectivity index (χ1) is 16.9. The highest BCUT2D eigenvalue weighted by Gasteiger charge is 2.53. The molecule has 11 heteroatoms. The summed E-state index contributed by atoms with van der Waals surface area (Å²) in [7, 11) is 3.46. The molecule has 0 spiro atoms. The third kappa shape index (κ3) is 3.26. The van der Waals surface area contributed by atoms with Gasteiger partial charge in [0.1, 0.15) is 17.3 Å². The fourth-order valence-corrected chi connectivity index (χ4v) is 5.04. The van der Waals surface area contributed by atoms with E-state index in [1.54, 1.807) is 23.1 Å². The molecule has 1 unspecified atom stereocenters. The number of amidine groups is 1. The lowest BCUT2D eigenvalue weighted by Gasteiger charge is -2.29. The van der Waals surface area contributed by atoms with Crippen LogP contribution in [0.2, 0.25) is 0 Å². The van der Waals surface area contributed by atoms with Crippen LogP contribution in [0, 0.1) is 0 Å². The smallest absolute Gasteiger partial charge is 0.322 e. The van der Waals surface area contributed by atoms with Gasteiger partial charge in [-0.25, -0.2) is 4.79 Å². The number of nitrogens with one attached hydrogen (secondary N) is 3. The number of ether oxygens (including phenoxy) is 1. The average Bonchev–Trinajstić information content (AvgIpc) is 3.61. The topological polar surface area (TPSA) is 129 Å². The van der Waals surface area contributed by atoms with E-state index >= 15 is 0 Å². The summed E-state index contributed by atoms with van der Waals surface area (Å²) in [6, 6.07) is 6.43. The second kappa shape index (κ2) is 7.62. The molecule has 0 aliphatic carbocycles. The van der Waals surface area contributed by atoms with E-state index in [9.17, 15) is 14.4 Å². The Bertz CT molecular complexity index is 1340. The van der Waals surface area contributed by atoms with Crippen LogP contribution in [0.3, 0.4) is 0 Å². The van der Waals surface area contributed by atoms with Gasteiger partial charge in [0.25, 0.3) is 11.8 Å². The number of rotatable bonds is 5. The number of carbonyl (C=O) groups excluding carboxylic acids is 3. The molecular weight excluding hydrogens is 452 g/mol. The molecule has 0 saturated carbocycles. The Balaban J connectivity index is 1.37. The Labute approximate surface area is 200 Å². The van der Waals surface area contributed by atoms with Crippen molar-refractivity contribution in [2.75, 3.05) is 45.2 Å². The second-order valence-corrected chi connectivity index (χ2v) is 9.04. The molecule has 1 aromatic carbocycles. The van der Waals surface area contributed by atoms with Crippen LogP contribution in [-0.4, -0.2) is 68.9 Å². The fourth-order valence-electron chi connectivity index (χ4n) is 5.04. The zero-order chi connectivity index (χ0) is 24.3. The first kappa shape index (κ1) is 21.3. The highest BCUT2D eigenvalue weighted by molar-refractivity contribution is 6.08. The van der Waals surface area contributed by atoms with Crippen LogP contribution in [0.5, 0.6) is 5.75 Å². The number of imide groups is 1. The van der Waals surface area contributed by atoms with E-state index in [4.69, 9.17) is 9.15 Å². The van der Waals surface area contributed by atoms with Crippen molar-refractivity contribution in [1.82, 2.24) is 20.9 Å². The molecule has 35 heavy (non-hydrogen) atoms. The second-order valence-electron chi connectivity index (χ2n) is 9.04. The minimum Gasteiger partial charge on any atom is -0.497 e. The van der Waals surface area contributed by atoms with E-state index in [1.165, 1.54) is 7.11 Å². The summed E-state index contributed by atoms with van der Waals surface area (Å²) in [4.78, 5) is 46.7. The zero-order valence-corrected chi connectivity index (χ0v) is 19.3. The lowest BCUT2D eigenvalue weighted by atomic mass is 9.95. The van der Waals surface area contributed by atoms with Gasteiger partial charge in [-0.2, -0.15) is 0 Å². The van der Waals surface area contributed by atoms with E-state index in [1.807, 2.05) is 24.1 Å². The zero-order valence-electron chi connectivity index (χ0n) is 19.3. The number of amides is 4. The monoisotopic (exact) mass is 476 g/mol. The molecule has 4 aliphatic rings. The lowest BCUT2D eigenvalue weighted by molar-refractivity contribution is -0.125. The van der Waals surface area contributed by atoms with Gasteiger partial charge >= 0.3 is 6.03 Å². The van der Waals surface area contributed by atoms with E-state index in [2.05, 4.69) is 20.9 Å². The Kier molecular flexibility index (Phi) is 4.63. The Morgan fingerprint density at radius 1 is 1.20 bits per heavy atom. The van der Waals surface area contributed by atoms with Gasteiger partial charge in [0, 0.05) is 43.9 Å². The number of aliphatic imine (C=N–C) groups is 1. The van der Waals surface area contributed by atoms with Gasteiger partial charge in [0.15, 0.2) is 11.3 Å². The molecule has 4 amide bonds. The van der Waals surface area contributed by atoms with Crippen LogP contribution in [0.25, 0.3) is 6.08 Å². The number of methoxy groups -OCH3 is 1. The highest BCUT2D eigenvalue weighted by Crippen LogP contribution is 2.38. The van der Waals surface area contributed by atoms with E-state index in [0.717, 1.165) is 35.7 Å². The van der Waals surface area contributed by atoms with Gasteiger partial charge < -0.3 is 29.6 Å². The van der Waals surface area contributed by atoms with Gasteiger partial charge in [0.2, 0.25) is 0 Å². The van der Waals surface area contributed by atoms with Crippen molar-refractivity contribution >= 4 is 35.4 Å². The van der Waals surface area contributed by atoms with Gasteiger partial charge in [0.05, 0.1) is 25.9 Å². The summed E-state index contributed by atoms with van der Waals surface area (Å²) < 4.78 is 11.4. The van der Waals surface area contributed by atoms with Crippen LogP contribution in [-0.2, 0) is 16.9 Å². The number of benzene rings is 1. The van der Waals surface area contributed by atoms with E-state index in [-0.39, 0.29) is 18.2 Å². The molecule has 6 rings (SSSR count). The number of furan rings is 1. The number of carbonyl (C=O) groups is 3. The Morgan fingerprint density at radius 3 is 2.77 bits per heavy atom. The molecule has 1 atom stereocenters. The summed E-state index contributed by atoms with van der Waals surface area (Å²) in [5, 5.41) is 8.32. The summed E-state index contributed by atoms with van der Waals surface area (Å²) in [6.45, 7) is 2.35. The first-order valence-electron chi connectivity index (χ1n) is 11.3. The molecule has 4 aliphatic heterocycles. The SMILES string of the molecule is COc1ccc2c(c1)C(=O)N(CC1(c3cc4c(o3)C=C(C3=NCCN3)CN4C)NC(=O)NC1=O)C2. The maximum atomic E-state index is 13.2. The summed E-state index contributed by atoms with van der Waals surface area (Å²) in [6.07, 6.45) is 1.90. The van der Waals surface area contributed by atoms with Crippen LogP contribution in [0.15, 0.2) is 39.2 Å². The normalized spacial score (nSPS) is 22.9. The van der Waals surface area contributed by atoms with E-state index < -0.39 is 17.5 Å². The number of likely N-dealkylation sites (N-methyl/N-ethyl adjacent to an activating group) is 1. The molecule has 1 saturated heterocycles. The Hall–Kier alpha value is -4.28. The summed E-state index contributed by atoms with van der Waals surface area (Å²) >= 11 is 0. The quantitative estimate of drug-likeness (QED) is 0.545. The predicted molar refractivity (Wildman–Crippen MR) is 126 cm³/mol. The minimum absolute atomic E-state index is 0.0820. The third-order valence-electron chi connectivity index (χ3n) is 6.83. The molecule has 0 bridgehead atoms. The maximum Gasteiger partial charge on any atom is 0.322 e. The highest BCUT2D eigenvalue weighted by atomic mass is 16.5. The van der Waals surface area contributed by atoms with Crippen molar-refractivity contribution in [3.8, 4) is 5.75 Å². The molecule has 0 radical (unpaired) electrons. The van der Waals surface area contributed by atoms with Crippen LogP contribution in [0.1, 0.15) is 27.4 Å². The van der Waals surface area contributed by atoms with Crippen molar-refractivity contribution < 1.29 is 23.5 Å². The van der Waals surface area contributed by atoms with Crippen molar-refractivity contribution in [3.05, 3.63) is 52.5 Å². The number of nitrogens with zero attached hydrogens (tertiary/aromatic N) is 3. The largest absolute Gasteiger partial charge is 0.497 e. The van der Waals surface area contributed by atoms with Crippen molar-refractivity contribution in [1.29, 1.82) is 0 Å². The molecular formula is C24H24N6O5. The molecule has 2 aromatic rings. The van der Waals surface area contributed by atoms with Gasteiger partial charge in [-0.1, -0.05) is 6.07 Å². The molecule has 11 nitrogen and oxygen atoms in total. The van der Waals surface area contributed by atoms with Crippen molar-refractivity contribution in [2.45, 2.75) is 12.1 Å². The third-order valence-corrected chi connectivity index (χ3v) is 6.83. The summed E-state index contributed by atoms with van der Waals surface area (Å²) in [5.74, 6) is 1.42. The molecule has 1 fully saturated rings. The molecule has 1 aromatic heterocycles. The van der Waals surface area contributed by atoms with Crippen LogP contribution >= 0.6 is 0 Å². The van der Waals surface area contributed by atoms with Crippen LogP contribution in [0.4, 0.5) is 10.5 Å². The molecule has 180 valence electrons. The lowest BCUT2D eigenvalue weighted by Crippen LogP contribution is -2.52. The van der Waals surface area contributed by atoms with Crippen molar-refractivity contribution in [3.63, 3.8) is 0 Å². The van der Waals surface area contributed by atoms with Gasteiger partial charge in [-0.15, -0.1) is 0 Å². The fraction of sp³-hybridized carbons (Fsp3) is 0.333. The van der Waals surface area contributed by atoms with Gasteiger partial charge in [-0.05, 0) is 23.8 Å². The average molecular weight is 476 g/mol. The number of anilines is 1. The minimum atomic E-state index is -1.56.